The van der Waals surface area contributed by atoms with E-state index in [4.69, 9.17) is 28.1 Å². The SMILES string of the molecule is Nc1nc(N2CCN(C(=O)[C@@H](N)Cc3ccc(Cl)cc3)CC2)c2nc(-c3ccc(F)cc3)ccc2n1. The number of hydrogen-bond acceptors (Lipinski definition) is 7. The number of halogens is 2. The van der Waals surface area contributed by atoms with E-state index in [-0.39, 0.29) is 17.7 Å². The van der Waals surface area contributed by atoms with Crippen LogP contribution >= 0.6 is 11.6 Å². The van der Waals surface area contributed by atoms with Gasteiger partial charge in [-0.1, -0.05) is 23.7 Å². The van der Waals surface area contributed by atoms with E-state index in [1.165, 1.54) is 12.1 Å². The fraction of sp³-hybridized carbons (Fsp3) is 0.231. The number of anilines is 2. The predicted molar refractivity (Wildman–Crippen MR) is 139 cm³/mol. The maximum Gasteiger partial charge on any atom is 0.239 e. The van der Waals surface area contributed by atoms with E-state index in [0.29, 0.717) is 60.2 Å². The van der Waals surface area contributed by atoms with E-state index >= 15 is 0 Å². The summed E-state index contributed by atoms with van der Waals surface area (Å²) in [6.07, 6.45) is 0.444. The van der Waals surface area contributed by atoms with E-state index in [1.807, 2.05) is 24.3 Å². The van der Waals surface area contributed by atoms with E-state index in [9.17, 15) is 9.18 Å². The minimum absolute atomic E-state index is 0.0895. The maximum atomic E-state index is 13.4. The molecule has 10 heteroatoms. The van der Waals surface area contributed by atoms with Crippen molar-refractivity contribution in [1.82, 2.24) is 19.9 Å². The van der Waals surface area contributed by atoms with E-state index < -0.39 is 6.04 Å². The van der Waals surface area contributed by atoms with E-state index in [2.05, 4.69) is 14.9 Å². The molecule has 5 rings (SSSR count). The van der Waals surface area contributed by atoms with Gasteiger partial charge < -0.3 is 21.3 Å². The summed E-state index contributed by atoms with van der Waals surface area (Å²) in [5, 5.41) is 0.645. The van der Waals surface area contributed by atoms with E-state index in [1.54, 1.807) is 29.2 Å². The van der Waals surface area contributed by atoms with Gasteiger partial charge in [-0.3, -0.25) is 4.79 Å². The number of carbonyl (C=O) groups excluding carboxylic acids is 1. The van der Waals surface area contributed by atoms with Gasteiger partial charge in [0.1, 0.15) is 11.3 Å². The molecule has 0 saturated carbocycles. The van der Waals surface area contributed by atoms with Gasteiger partial charge in [0.2, 0.25) is 11.9 Å². The standard InChI is InChI=1S/C26H25ClFN7O/c27-18-5-1-16(2-6-18)15-20(29)25(36)35-13-11-34(12-14-35)24-23-22(32-26(30)33-24)10-9-21(31-23)17-3-7-19(28)8-4-17/h1-10,20H,11-15,29H2,(H2,30,32,33)/t20-/m0/s1. The number of aromatic nitrogens is 3. The first-order valence-corrected chi connectivity index (χ1v) is 12.0. The summed E-state index contributed by atoms with van der Waals surface area (Å²) >= 11 is 5.94. The summed E-state index contributed by atoms with van der Waals surface area (Å²) in [6.45, 7) is 2.09. The largest absolute Gasteiger partial charge is 0.368 e. The summed E-state index contributed by atoms with van der Waals surface area (Å²) in [6, 6.07) is 16.5. The third-order valence-electron chi connectivity index (χ3n) is 6.26. The van der Waals surface area contributed by atoms with Crippen LogP contribution < -0.4 is 16.4 Å². The Morgan fingerprint density at radius 3 is 2.33 bits per heavy atom. The quantitative estimate of drug-likeness (QED) is 0.427. The molecule has 2 aromatic heterocycles. The molecule has 0 bridgehead atoms. The highest BCUT2D eigenvalue weighted by Gasteiger charge is 2.27. The average Bonchev–Trinajstić information content (AvgIpc) is 2.89. The molecule has 3 heterocycles. The molecule has 184 valence electrons. The molecule has 1 atom stereocenters. The van der Waals surface area contributed by atoms with Crippen LogP contribution in [0.2, 0.25) is 5.02 Å². The average molecular weight is 506 g/mol. The van der Waals surface area contributed by atoms with Gasteiger partial charge in [0.15, 0.2) is 5.82 Å². The van der Waals surface area contributed by atoms with Gasteiger partial charge in [-0.15, -0.1) is 0 Å². The summed E-state index contributed by atoms with van der Waals surface area (Å²) in [5.74, 6) is 0.362. The molecular weight excluding hydrogens is 481 g/mol. The highest BCUT2D eigenvalue weighted by Crippen LogP contribution is 2.28. The number of piperazine rings is 1. The molecule has 4 N–H and O–H groups in total. The molecule has 1 amide bonds. The summed E-state index contributed by atoms with van der Waals surface area (Å²) in [7, 11) is 0. The van der Waals surface area contributed by atoms with Gasteiger partial charge in [-0.2, -0.15) is 4.98 Å². The Morgan fingerprint density at radius 2 is 1.64 bits per heavy atom. The van der Waals surface area contributed by atoms with Crippen molar-refractivity contribution in [3.63, 3.8) is 0 Å². The molecule has 1 saturated heterocycles. The van der Waals surface area contributed by atoms with Crippen molar-refractivity contribution in [1.29, 1.82) is 0 Å². The third kappa shape index (κ3) is 5.07. The normalized spacial score (nSPS) is 14.8. The highest BCUT2D eigenvalue weighted by molar-refractivity contribution is 6.30. The van der Waals surface area contributed by atoms with Crippen molar-refractivity contribution in [3.8, 4) is 11.3 Å². The zero-order valence-electron chi connectivity index (χ0n) is 19.4. The third-order valence-corrected chi connectivity index (χ3v) is 6.51. The zero-order valence-corrected chi connectivity index (χ0v) is 20.2. The van der Waals surface area contributed by atoms with Crippen LogP contribution in [0.25, 0.3) is 22.3 Å². The lowest BCUT2D eigenvalue weighted by molar-refractivity contribution is -0.132. The number of hydrogen-bond donors (Lipinski definition) is 2. The van der Waals surface area contributed by atoms with Crippen molar-refractivity contribution in [2.24, 2.45) is 5.73 Å². The topological polar surface area (TPSA) is 114 Å². The van der Waals surface area contributed by atoms with Gasteiger partial charge in [0, 0.05) is 36.8 Å². The molecule has 1 aliphatic heterocycles. The summed E-state index contributed by atoms with van der Waals surface area (Å²) in [5.41, 5.74) is 15.9. The number of nitrogens with two attached hydrogens (primary N) is 2. The van der Waals surface area contributed by atoms with Crippen LogP contribution in [0.4, 0.5) is 16.2 Å². The second-order valence-electron chi connectivity index (χ2n) is 8.73. The number of benzene rings is 2. The van der Waals surface area contributed by atoms with Crippen LogP contribution in [0, 0.1) is 5.82 Å². The van der Waals surface area contributed by atoms with Crippen LogP contribution in [-0.2, 0) is 11.2 Å². The highest BCUT2D eigenvalue weighted by atomic mass is 35.5. The molecule has 0 aliphatic carbocycles. The van der Waals surface area contributed by atoms with Gasteiger partial charge in [0.25, 0.3) is 0 Å². The van der Waals surface area contributed by atoms with Crippen molar-refractivity contribution in [2.75, 3.05) is 36.8 Å². The van der Waals surface area contributed by atoms with E-state index in [0.717, 1.165) is 11.1 Å². The minimum Gasteiger partial charge on any atom is -0.368 e. The number of carbonyl (C=O) groups is 1. The first-order valence-electron chi connectivity index (χ1n) is 11.6. The number of pyridine rings is 1. The summed E-state index contributed by atoms with van der Waals surface area (Å²) in [4.78, 5) is 30.4. The lowest BCUT2D eigenvalue weighted by Crippen LogP contribution is -2.54. The summed E-state index contributed by atoms with van der Waals surface area (Å²) < 4.78 is 13.4. The molecule has 0 radical (unpaired) electrons. The molecule has 4 aromatic rings. The Morgan fingerprint density at radius 1 is 0.944 bits per heavy atom. The number of nitrogen functional groups attached to an aromatic ring is 1. The fourth-order valence-corrected chi connectivity index (χ4v) is 4.48. The van der Waals surface area contributed by atoms with Crippen LogP contribution in [0.5, 0.6) is 0 Å². The predicted octanol–water partition coefficient (Wildman–Crippen LogP) is 3.29. The monoisotopic (exact) mass is 505 g/mol. The Hall–Kier alpha value is -3.82. The molecular formula is C26H25ClFN7O. The lowest BCUT2D eigenvalue weighted by Gasteiger charge is -2.36. The number of rotatable bonds is 5. The first kappa shape index (κ1) is 23.9. The van der Waals surface area contributed by atoms with Gasteiger partial charge in [-0.25, -0.2) is 14.4 Å². The molecule has 2 aromatic carbocycles. The first-order chi connectivity index (χ1) is 17.4. The Kier molecular flexibility index (Phi) is 6.67. The van der Waals surface area contributed by atoms with Gasteiger partial charge >= 0.3 is 0 Å². The van der Waals surface area contributed by atoms with Crippen molar-refractivity contribution in [2.45, 2.75) is 12.5 Å². The van der Waals surface area contributed by atoms with Crippen LogP contribution in [0.15, 0.2) is 60.7 Å². The Bertz CT molecular complexity index is 1390. The molecule has 0 unspecified atom stereocenters. The number of amides is 1. The lowest BCUT2D eigenvalue weighted by atomic mass is 10.1. The molecule has 0 spiro atoms. The second-order valence-corrected chi connectivity index (χ2v) is 9.16. The van der Waals surface area contributed by atoms with Crippen LogP contribution in [-0.4, -0.2) is 58.0 Å². The molecule has 36 heavy (non-hydrogen) atoms. The molecule has 1 fully saturated rings. The smallest absolute Gasteiger partial charge is 0.239 e. The molecule has 1 aliphatic rings. The maximum absolute atomic E-state index is 13.4. The van der Waals surface area contributed by atoms with Crippen molar-refractivity contribution >= 4 is 40.3 Å². The zero-order chi connectivity index (χ0) is 25.2. The second kappa shape index (κ2) is 10.0. The molecule has 8 nitrogen and oxygen atoms in total. The van der Waals surface area contributed by atoms with Crippen LogP contribution in [0.1, 0.15) is 5.56 Å². The van der Waals surface area contributed by atoms with Crippen molar-refractivity contribution < 1.29 is 9.18 Å². The van der Waals surface area contributed by atoms with Gasteiger partial charge in [-0.05, 0) is 60.5 Å². The minimum atomic E-state index is -0.631. The Labute approximate surface area is 212 Å². The van der Waals surface area contributed by atoms with Crippen molar-refractivity contribution in [3.05, 3.63) is 77.1 Å². The number of fused-ring (bicyclic) bond motifs is 1. The van der Waals surface area contributed by atoms with Crippen LogP contribution in [0.3, 0.4) is 0 Å². The Balaban J connectivity index is 1.32. The van der Waals surface area contributed by atoms with Gasteiger partial charge in [0.05, 0.1) is 17.3 Å². The number of nitrogens with zero attached hydrogens (tertiary/aromatic N) is 5. The fourth-order valence-electron chi connectivity index (χ4n) is 4.35.